The van der Waals surface area contributed by atoms with Crippen molar-refractivity contribution in [2.24, 2.45) is 0 Å². The predicted octanol–water partition coefficient (Wildman–Crippen LogP) is 11.1. The van der Waals surface area contributed by atoms with Gasteiger partial charge in [0.1, 0.15) is 0 Å². The number of hydrogen-bond acceptors (Lipinski definition) is 5. The van der Waals surface area contributed by atoms with Crippen LogP contribution >= 0.6 is 0 Å². The van der Waals surface area contributed by atoms with Crippen LogP contribution < -0.4 is 0 Å². The molecule has 0 aliphatic rings. The molecule has 0 saturated carbocycles. The van der Waals surface area contributed by atoms with E-state index < -0.39 is 0 Å². The van der Waals surface area contributed by atoms with Gasteiger partial charge >= 0.3 is 0 Å². The Morgan fingerprint density at radius 1 is 0.320 bits per heavy atom. The summed E-state index contributed by atoms with van der Waals surface area (Å²) in [6.07, 6.45) is 5.47. The van der Waals surface area contributed by atoms with Gasteiger partial charge in [-0.15, -0.1) is 0 Å². The summed E-state index contributed by atoms with van der Waals surface area (Å²) in [6.45, 7) is 0. The molecule has 0 aliphatic heterocycles. The van der Waals surface area contributed by atoms with E-state index in [1.807, 2.05) is 61.1 Å². The van der Waals surface area contributed by atoms with E-state index in [0.717, 1.165) is 93.7 Å². The third-order valence-electron chi connectivity index (χ3n) is 9.57. The minimum Gasteiger partial charge on any atom is -0.255 e. The normalized spacial score (nSPS) is 11.6. The summed E-state index contributed by atoms with van der Waals surface area (Å²) in [4.78, 5) is 24.5. The van der Waals surface area contributed by atoms with Gasteiger partial charge in [-0.1, -0.05) is 97.1 Å². The van der Waals surface area contributed by atoms with Crippen molar-refractivity contribution in [3.8, 4) is 45.0 Å². The van der Waals surface area contributed by atoms with Crippen LogP contribution in [0.4, 0.5) is 0 Å². The van der Waals surface area contributed by atoms with Gasteiger partial charge in [0.15, 0.2) is 0 Å². The summed E-state index contributed by atoms with van der Waals surface area (Å²) < 4.78 is 0. The molecule has 5 nitrogen and oxygen atoms in total. The zero-order valence-corrected chi connectivity index (χ0v) is 26.8. The first-order valence-corrected chi connectivity index (χ1v) is 16.7. The number of para-hydroxylation sites is 1. The van der Waals surface area contributed by atoms with E-state index in [4.69, 9.17) is 15.0 Å². The van der Waals surface area contributed by atoms with Gasteiger partial charge in [-0.25, -0.2) is 9.97 Å². The number of rotatable bonds is 4. The molecule has 0 saturated heterocycles. The van der Waals surface area contributed by atoms with Crippen LogP contribution in [0.3, 0.4) is 0 Å². The van der Waals surface area contributed by atoms with Crippen molar-refractivity contribution < 1.29 is 0 Å². The molecule has 0 atom stereocenters. The molecule has 5 aromatic carbocycles. The Hall–Kier alpha value is -6.85. The average molecular weight is 638 g/mol. The van der Waals surface area contributed by atoms with Gasteiger partial charge in [0.2, 0.25) is 0 Å². The van der Waals surface area contributed by atoms with E-state index in [1.165, 1.54) is 5.56 Å². The second-order valence-electron chi connectivity index (χ2n) is 12.4. The molecule has 10 rings (SSSR count). The highest BCUT2D eigenvalue weighted by Crippen LogP contribution is 2.48. The van der Waals surface area contributed by atoms with E-state index in [1.54, 1.807) is 0 Å². The average Bonchev–Trinajstić information content (AvgIpc) is 3.19. The molecule has 5 aromatic heterocycles. The summed E-state index contributed by atoms with van der Waals surface area (Å²) in [5.74, 6) is 0. The molecule has 0 aliphatic carbocycles. The number of nitrogens with zero attached hydrogens (tertiary/aromatic N) is 5. The largest absolute Gasteiger partial charge is 0.255 e. The van der Waals surface area contributed by atoms with Crippen LogP contribution in [0.5, 0.6) is 0 Å². The number of aromatic nitrogens is 5. The van der Waals surface area contributed by atoms with Crippen molar-refractivity contribution in [2.45, 2.75) is 0 Å². The highest BCUT2D eigenvalue weighted by atomic mass is 14.8. The van der Waals surface area contributed by atoms with Crippen LogP contribution in [0.1, 0.15) is 0 Å². The molecule has 10 aromatic rings. The second-order valence-corrected chi connectivity index (χ2v) is 12.4. The van der Waals surface area contributed by atoms with Crippen molar-refractivity contribution in [1.29, 1.82) is 0 Å². The van der Waals surface area contributed by atoms with Crippen LogP contribution in [0, 0.1) is 0 Å². The third kappa shape index (κ3) is 4.45. The molecule has 5 heteroatoms. The highest BCUT2D eigenvalue weighted by Gasteiger charge is 2.22. The number of fused-ring (bicyclic) bond motifs is 6. The SMILES string of the molecule is c1ccc(-c2cc(-c3c4ccccc4c(-c4c5ccccc5nc5c4ccc4cccnc45)c4ccccc34)cc(-c3ccccn3)n2)nc1. The van der Waals surface area contributed by atoms with E-state index in [-0.39, 0.29) is 0 Å². The van der Waals surface area contributed by atoms with Gasteiger partial charge in [0, 0.05) is 40.3 Å². The van der Waals surface area contributed by atoms with Gasteiger partial charge in [-0.05, 0) is 86.8 Å². The molecule has 0 spiro atoms. The molecule has 0 N–H and O–H groups in total. The Morgan fingerprint density at radius 3 is 1.48 bits per heavy atom. The molecule has 5 heterocycles. The Balaban J connectivity index is 1.36. The second kappa shape index (κ2) is 11.4. The lowest BCUT2D eigenvalue weighted by atomic mass is 9.83. The fourth-order valence-corrected chi connectivity index (χ4v) is 7.44. The molecular weight excluding hydrogens is 611 g/mol. The van der Waals surface area contributed by atoms with Crippen LogP contribution in [0.15, 0.2) is 164 Å². The predicted molar refractivity (Wildman–Crippen MR) is 205 cm³/mol. The smallest absolute Gasteiger partial charge is 0.0978 e. The van der Waals surface area contributed by atoms with Crippen molar-refractivity contribution in [2.75, 3.05) is 0 Å². The number of benzene rings is 5. The molecular formula is C45H27N5. The quantitative estimate of drug-likeness (QED) is 0.142. The van der Waals surface area contributed by atoms with Crippen molar-refractivity contribution >= 4 is 54.3 Å². The summed E-state index contributed by atoms with van der Waals surface area (Å²) in [7, 11) is 0. The molecule has 0 unspecified atom stereocenters. The maximum absolute atomic E-state index is 5.21. The van der Waals surface area contributed by atoms with E-state index in [0.29, 0.717) is 0 Å². The molecule has 0 radical (unpaired) electrons. The molecule has 0 bridgehead atoms. The minimum atomic E-state index is 0.798. The van der Waals surface area contributed by atoms with Crippen molar-refractivity contribution in [3.63, 3.8) is 0 Å². The Morgan fingerprint density at radius 2 is 0.860 bits per heavy atom. The first kappa shape index (κ1) is 28.2. The van der Waals surface area contributed by atoms with Crippen LogP contribution in [0.2, 0.25) is 0 Å². The van der Waals surface area contributed by atoms with Crippen molar-refractivity contribution in [1.82, 2.24) is 24.9 Å². The lowest BCUT2D eigenvalue weighted by Gasteiger charge is -2.20. The van der Waals surface area contributed by atoms with E-state index in [2.05, 4.69) is 113 Å². The topological polar surface area (TPSA) is 64.5 Å². The molecule has 50 heavy (non-hydrogen) atoms. The molecule has 232 valence electrons. The summed E-state index contributed by atoms with van der Waals surface area (Å²) in [6, 6.07) is 50.6. The summed E-state index contributed by atoms with van der Waals surface area (Å²) >= 11 is 0. The minimum absolute atomic E-state index is 0.798. The Kier molecular flexibility index (Phi) is 6.42. The lowest BCUT2D eigenvalue weighted by molar-refractivity contribution is 1.22. The van der Waals surface area contributed by atoms with Gasteiger partial charge in [-0.3, -0.25) is 15.0 Å². The zero-order valence-electron chi connectivity index (χ0n) is 26.8. The fraction of sp³-hybridized carbons (Fsp3) is 0. The standard InChI is InChI=1S/C45H27N5/c1-3-15-32-30(13-1)41(29-26-39(37-19-7-9-23-46-37)49-40(27-29)38-20-8-10-24-47-38)31-14-2-4-16-33(31)42(32)43-34-17-5-6-18-36(34)50-45-35(43)22-21-28-12-11-25-48-44(28)45/h1-27H. The fourth-order valence-electron chi connectivity index (χ4n) is 7.44. The third-order valence-corrected chi connectivity index (χ3v) is 9.57. The van der Waals surface area contributed by atoms with E-state index in [9.17, 15) is 0 Å². The molecule has 0 fully saturated rings. The zero-order chi connectivity index (χ0) is 33.0. The van der Waals surface area contributed by atoms with Crippen LogP contribution in [-0.4, -0.2) is 24.9 Å². The van der Waals surface area contributed by atoms with Crippen LogP contribution in [0.25, 0.3) is 99.3 Å². The van der Waals surface area contributed by atoms with Gasteiger partial charge in [-0.2, -0.15) is 0 Å². The van der Waals surface area contributed by atoms with Crippen molar-refractivity contribution in [3.05, 3.63) is 164 Å². The van der Waals surface area contributed by atoms with Gasteiger partial charge < -0.3 is 0 Å². The van der Waals surface area contributed by atoms with Crippen LogP contribution in [-0.2, 0) is 0 Å². The number of hydrogen-bond donors (Lipinski definition) is 0. The number of pyridine rings is 5. The highest BCUT2D eigenvalue weighted by molar-refractivity contribution is 6.28. The monoisotopic (exact) mass is 637 g/mol. The first-order valence-electron chi connectivity index (χ1n) is 16.7. The Bertz CT molecular complexity index is 2810. The van der Waals surface area contributed by atoms with E-state index >= 15 is 0 Å². The van der Waals surface area contributed by atoms with Gasteiger partial charge in [0.25, 0.3) is 0 Å². The Labute approximate surface area is 287 Å². The first-order chi connectivity index (χ1) is 24.8. The maximum Gasteiger partial charge on any atom is 0.0978 e. The summed E-state index contributed by atoms with van der Waals surface area (Å²) in [5.41, 5.74) is 10.5. The molecule has 0 amide bonds. The summed E-state index contributed by atoms with van der Waals surface area (Å²) in [5, 5.41) is 7.89. The van der Waals surface area contributed by atoms with Gasteiger partial charge in [0.05, 0.1) is 39.3 Å². The maximum atomic E-state index is 5.21. The lowest BCUT2D eigenvalue weighted by Crippen LogP contribution is -1.97.